The summed E-state index contributed by atoms with van der Waals surface area (Å²) in [7, 11) is 0. The molecule has 1 unspecified atom stereocenters. The second-order valence-corrected chi connectivity index (χ2v) is 17.1. The minimum atomic E-state index is -0.965. The quantitative estimate of drug-likeness (QED) is 0.144. The molecule has 4 aliphatic rings. The third-order valence-corrected chi connectivity index (χ3v) is 13.3. The average Bonchev–Trinajstić information content (AvgIpc) is 3.83. The number of piperidine rings is 2. The molecule has 0 saturated carbocycles. The van der Waals surface area contributed by atoms with Gasteiger partial charge in [0.25, 0.3) is 11.8 Å². The first-order valence-electron chi connectivity index (χ1n) is 20.0. The smallest absolute Gasteiger partial charge is 0.262 e. The zero-order chi connectivity index (χ0) is 40.9. The van der Waals surface area contributed by atoms with E-state index in [0.29, 0.717) is 34.2 Å². The number of fused-ring (bicyclic) bond motifs is 4. The van der Waals surface area contributed by atoms with Crippen molar-refractivity contribution in [2.75, 3.05) is 13.1 Å². The lowest BCUT2D eigenvalue weighted by Crippen LogP contribution is -2.54. The number of amides is 4. The van der Waals surface area contributed by atoms with Crippen LogP contribution in [0.15, 0.2) is 65.8 Å². The molecule has 0 bridgehead atoms. The van der Waals surface area contributed by atoms with E-state index in [9.17, 15) is 19.2 Å². The van der Waals surface area contributed by atoms with Crippen LogP contribution in [0.5, 0.6) is 0 Å². The second-order valence-electron chi connectivity index (χ2n) is 15.7. The number of benzene rings is 2. The van der Waals surface area contributed by atoms with Crippen LogP contribution in [0.2, 0.25) is 5.02 Å². The van der Waals surface area contributed by atoms with Crippen molar-refractivity contribution in [1.82, 2.24) is 34.9 Å². The van der Waals surface area contributed by atoms with Crippen molar-refractivity contribution in [2.24, 2.45) is 10.9 Å². The predicted molar refractivity (Wildman–Crippen MR) is 224 cm³/mol. The van der Waals surface area contributed by atoms with Gasteiger partial charge in [0.05, 0.1) is 21.7 Å². The molecule has 1 N–H and O–H groups in total. The normalized spacial score (nSPS) is 19.4. The van der Waals surface area contributed by atoms with Crippen LogP contribution in [0.3, 0.4) is 0 Å². The van der Waals surface area contributed by atoms with E-state index in [0.717, 1.165) is 98.9 Å². The Kier molecular flexibility index (Phi) is 10.3. The summed E-state index contributed by atoms with van der Waals surface area (Å²) in [5, 5.41) is 12.8. The zero-order valence-electron chi connectivity index (χ0n) is 32.9. The molecule has 4 aliphatic heterocycles. The number of aliphatic imine (C=N–C) groups is 1. The maximum absolute atomic E-state index is 13.5. The Morgan fingerprint density at radius 3 is 2.46 bits per heavy atom. The molecule has 2 fully saturated rings. The van der Waals surface area contributed by atoms with Crippen molar-refractivity contribution in [3.8, 4) is 16.8 Å². The molecular formula is C45H41ClN8O4S. The first-order chi connectivity index (χ1) is 28.5. The Labute approximate surface area is 350 Å². The summed E-state index contributed by atoms with van der Waals surface area (Å²) in [5.41, 5.74) is 7.34. The van der Waals surface area contributed by atoms with Crippen molar-refractivity contribution in [3.63, 3.8) is 0 Å². The summed E-state index contributed by atoms with van der Waals surface area (Å²) in [5.74, 6) is 6.91. The van der Waals surface area contributed by atoms with Crippen molar-refractivity contribution < 1.29 is 19.2 Å². The highest BCUT2D eigenvalue weighted by Gasteiger charge is 2.45. The molecule has 2 atom stereocenters. The van der Waals surface area contributed by atoms with Crippen LogP contribution in [0.1, 0.15) is 116 Å². The van der Waals surface area contributed by atoms with Crippen molar-refractivity contribution >= 4 is 52.3 Å². The molecule has 0 aliphatic carbocycles. The first kappa shape index (κ1) is 38.7. The van der Waals surface area contributed by atoms with Gasteiger partial charge in [-0.1, -0.05) is 41.9 Å². The number of nitrogens with one attached hydrogen (secondary N) is 1. The third kappa shape index (κ3) is 7.30. The number of carbonyl (C=O) groups is 4. The van der Waals surface area contributed by atoms with Crippen LogP contribution < -0.4 is 5.32 Å². The van der Waals surface area contributed by atoms with E-state index in [1.165, 1.54) is 0 Å². The van der Waals surface area contributed by atoms with Gasteiger partial charge < -0.3 is 0 Å². The fraction of sp³-hybridized carbons (Fsp3) is 0.333. The van der Waals surface area contributed by atoms with Crippen LogP contribution in [-0.4, -0.2) is 78.0 Å². The van der Waals surface area contributed by atoms with Gasteiger partial charge in [-0.05, 0) is 125 Å². The number of imide groups is 2. The van der Waals surface area contributed by atoms with Gasteiger partial charge in [-0.3, -0.25) is 43.9 Å². The van der Waals surface area contributed by atoms with E-state index < -0.39 is 23.8 Å². The van der Waals surface area contributed by atoms with E-state index >= 15 is 0 Å². The van der Waals surface area contributed by atoms with E-state index in [4.69, 9.17) is 21.6 Å². The number of hydrogen-bond acceptors (Lipinski definition) is 10. The van der Waals surface area contributed by atoms with Crippen LogP contribution in [0.4, 0.5) is 0 Å². The molecule has 2 saturated heterocycles. The highest BCUT2D eigenvalue weighted by atomic mass is 35.5. The molecule has 7 heterocycles. The molecule has 14 heteroatoms. The number of nitrogens with zero attached hydrogens (tertiary/aromatic N) is 7. The van der Waals surface area contributed by atoms with Crippen molar-refractivity contribution in [3.05, 3.63) is 127 Å². The minimum Gasteiger partial charge on any atom is -0.299 e. The van der Waals surface area contributed by atoms with Crippen LogP contribution in [0, 0.1) is 31.6 Å². The summed E-state index contributed by atoms with van der Waals surface area (Å²) in [4.78, 5) is 65.3. The summed E-state index contributed by atoms with van der Waals surface area (Å²) in [6.45, 7) is 8.80. The maximum Gasteiger partial charge on any atom is 0.262 e. The van der Waals surface area contributed by atoms with Gasteiger partial charge in [0, 0.05) is 35.3 Å². The number of rotatable bonds is 7. The molecular weight excluding hydrogens is 784 g/mol. The maximum atomic E-state index is 13.5. The SMILES string of the molecule is Cc1c(C#Cc2ccc(CN3CCC(CCc4cccc5c4C(=O)N(C4CCC(=O)NC4=O)C5=O)CC3)cn2)sc2c1C(c1ccc(Cl)cc1)=N[C@@H](C)c1nnc(C)n1-2. The summed E-state index contributed by atoms with van der Waals surface area (Å²) in [6.07, 6.45) is 5.80. The Hall–Kier alpha value is -5.81. The van der Waals surface area contributed by atoms with Gasteiger partial charge in [-0.25, -0.2) is 4.98 Å². The molecule has 298 valence electrons. The van der Waals surface area contributed by atoms with Crippen LogP contribution >= 0.6 is 22.9 Å². The number of halogens is 1. The lowest BCUT2D eigenvalue weighted by molar-refractivity contribution is -0.136. The van der Waals surface area contributed by atoms with Crippen molar-refractivity contribution in [1.29, 1.82) is 0 Å². The van der Waals surface area contributed by atoms with E-state index in [1.54, 1.807) is 23.5 Å². The molecule has 59 heavy (non-hydrogen) atoms. The van der Waals surface area contributed by atoms with Crippen LogP contribution in [-0.2, 0) is 22.6 Å². The van der Waals surface area contributed by atoms with Gasteiger partial charge in [0.2, 0.25) is 11.8 Å². The highest BCUT2D eigenvalue weighted by molar-refractivity contribution is 7.15. The number of carbonyl (C=O) groups excluding carboxylic acids is 4. The Morgan fingerprint density at radius 1 is 0.915 bits per heavy atom. The number of likely N-dealkylation sites (tertiary alicyclic amines) is 1. The Morgan fingerprint density at radius 2 is 1.71 bits per heavy atom. The molecule has 3 aromatic heterocycles. The molecule has 12 nitrogen and oxygen atoms in total. The van der Waals surface area contributed by atoms with E-state index in [1.807, 2.05) is 56.4 Å². The summed E-state index contributed by atoms with van der Waals surface area (Å²) < 4.78 is 2.10. The predicted octanol–water partition coefficient (Wildman–Crippen LogP) is 6.55. The number of thiophene rings is 1. The second kappa shape index (κ2) is 15.7. The fourth-order valence-electron chi connectivity index (χ4n) is 8.65. The van der Waals surface area contributed by atoms with E-state index in [2.05, 4.69) is 49.8 Å². The fourth-order valence-corrected chi connectivity index (χ4v) is 10.00. The number of aryl methyl sites for hydroxylation is 2. The summed E-state index contributed by atoms with van der Waals surface area (Å²) >= 11 is 7.86. The van der Waals surface area contributed by atoms with E-state index in [-0.39, 0.29) is 24.8 Å². The standard InChI is InChI=1S/C45H41ClN8O4S/c1-25-36(59-45-38(25)40(31-10-12-32(46)13-11-31)48-26(2)41-51-50-27(3)53(41)45)17-15-33-14-8-29(23-47-33)24-52-21-19-28(20-22-52)7-9-30-5-4-6-34-39(30)44(58)54(43(34)57)35-16-18-37(55)49-42(35)56/h4-6,8,10-14,23,26,28,35H,7,9,16,18-22,24H2,1-3H3,(H,49,55,56)/t26-,35?/m0/s1. The van der Waals surface area contributed by atoms with Gasteiger partial charge in [0.1, 0.15) is 28.6 Å². The topological polar surface area (TPSA) is 143 Å². The van der Waals surface area contributed by atoms with Gasteiger partial charge in [-0.15, -0.1) is 21.5 Å². The molecule has 0 spiro atoms. The number of aromatic nitrogens is 4. The molecule has 0 radical (unpaired) electrons. The lowest BCUT2D eigenvalue weighted by Gasteiger charge is -2.32. The Balaban J connectivity index is 0.828. The average molecular weight is 825 g/mol. The first-order valence-corrected chi connectivity index (χ1v) is 21.2. The van der Waals surface area contributed by atoms with Gasteiger partial charge in [0.15, 0.2) is 5.82 Å². The molecule has 9 rings (SSSR count). The largest absolute Gasteiger partial charge is 0.299 e. The third-order valence-electron chi connectivity index (χ3n) is 11.9. The monoisotopic (exact) mass is 824 g/mol. The Bertz CT molecular complexity index is 2630. The van der Waals surface area contributed by atoms with Gasteiger partial charge in [-0.2, -0.15) is 0 Å². The van der Waals surface area contributed by atoms with Crippen molar-refractivity contribution in [2.45, 2.75) is 77.9 Å². The lowest BCUT2D eigenvalue weighted by atomic mass is 9.88. The van der Waals surface area contributed by atoms with Crippen LogP contribution in [0.25, 0.3) is 5.00 Å². The molecule has 2 aromatic carbocycles. The highest BCUT2D eigenvalue weighted by Crippen LogP contribution is 2.39. The molecule has 4 amide bonds. The minimum absolute atomic E-state index is 0.0978. The molecule has 5 aromatic rings. The number of hydrogen-bond donors (Lipinski definition) is 1. The zero-order valence-corrected chi connectivity index (χ0v) is 34.5. The number of pyridine rings is 1. The summed E-state index contributed by atoms with van der Waals surface area (Å²) in [6, 6.07) is 16.1. The van der Waals surface area contributed by atoms with Gasteiger partial charge >= 0.3 is 0 Å².